The fourth-order valence-corrected chi connectivity index (χ4v) is 4.07. The van der Waals surface area contributed by atoms with Gasteiger partial charge in [0.15, 0.2) is 0 Å². The SMILES string of the molecule is CCN(CC)CCN1C(=O)C(=O)C(=C(O)c2ccc(OC)c(C)c2)C1c1ccc(F)cc1. The molecular weight excluding hydrogens is 411 g/mol. The first-order valence-corrected chi connectivity index (χ1v) is 10.7. The first kappa shape index (κ1) is 23.5. The van der Waals surface area contributed by atoms with Crippen molar-refractivity contribution in [3.8, 4) is 5.75 Å². The number of hydrogen-bond acceptors (Lipinski definition) is 5. The number of rotatable bonds is 8. The lowest BCUT2D eigenvalue weighted by atomic mass is 9.94. The molecule has 1 N–H and O–H groups in total. The highest BCUT2D eigenvalue weighted by Gasteiger charge is 2.46. The second-order valence-electron chi connectivity index (χ2n) is 7.76. The number of likely N-dealkylation sites (N-methyl/N-ethyl adjacent to an activating group) is 1. The van der Waals surface area contributed by atoms with Gasteiger partial charge in [-0.05, 0) is 61.5 Å². The van der Waals surface area contributed by atoms with Gasteiger partial charge in [0.1, 0.15) is 17.3 Å². The van der Waals surface area contributed by atoms with E-state index in [1.807, 2.05) is 20.8 Å². The molecule has 1 saturated heterocycles. The lowest BCUT2D eigenvalue weighted by Crippen LogP contribution is -2.38. The summed E-state index contributed by atoms with van der Waals surface area (Å²) in [4.78, 5) is 29.6. The van der Waals surface area contributed by atoms with Gasteiger partial charge in [0.05, 0.1) is 18.7 Å². The highest BCUT2D eigenvalue weighted by molar-refractivity contribution is 6.46. The summed E-state index contributed by atoms with van der Waals surface area (Å²) in [5.41, 5.74) is 1.77. The van der Waals surface area contributed by atoms with Gasteiger partial charge in [-0.25, -0.2) is 4.39 Å². The maximum Gasteiger partial charge on any atom is 0.295 e. The summed E-state index contributed by atoms with van der Waals surface area (Å²) in [5, 5.41) is 11.1. The number of ketones is 1. The Hall–Kier alpha value is -3.19. The molecule has 6 nitrogen and oxygen atoms in total. The van der Waals surface area contributed by atoms with Crippen LogP contribution in [0, 0.1) is 12.7 Å². The Morgan fingerprint density at radius 1 is 1.12 bits per heavy atom. The van der Waals surface area contributed by atoms with Crippen LogP contribution in [0.1, 0.15) is 36.6 Å². The molecule has 1 unspecified atom stereocenters. The van der Waals surface area contributed by atoms with E-state index in [0.29, 0.717) is 30.0 Å². The number of carbonyl (C=O) groups is 2. The Bertz CT molecular complexity index is 1030. The minimum Gasteiger partial charge on any atom is -0.507 e. The molecule has 0 aliphatic carbocycles. The van der Waals surface area contributed by atoms with Gasteiger partial charge >= 0.3 is 0 Å². The summed E-state index contributed by atoms with van der Waals surface area (Å²) in [6, 6.07) is 9.92. The van der Waals surface area contributed by atoms with Crippen molar-refractivity contribution in [2.24, 2.45) is 0 Å². The van der Waals surface area contributed by atoms with Crippen molar-refractivity contribution in [3.05, 3.63) is 70.5 Å². The van der Waals surface area contributed by atoms with Crippen molar-refractivity contribution in [3.63, 3.8) is 0 Å². The van der Waals surface area contributed by atoms with Gasteiger partial charge in [-0.1, -0.05) is 26.0 Å². The summed E-state index contributed by atoms with van der Waals surface area (Å²) in [7, 11) is 1.55. The molecule has 7 heteroatoms. The first-order valence-electron chi connectivity index (χ1n) is 10.7. The Labute approximate surface area is 187 Å². The summed E-state index contributed by atoms with van der Waals surface area (Å²) in [6.45, 7) is 8.41. The molecule has 1 aliphatic heterocycles. The van der Waals surface area contributed by atoms with Gasteiger partial charge in [0.2, 0.25) is 0 Å². The molecule has 0 aromatic heterocycles. The number of aliphatic hydroxyl groups excluding tert-OH is 1. The number of nitrogens with zero attached hydrogens (tertiary/aromatic N) is 2. The monoisotopic (exact) mass is 440 g/mol. The topological polar surface area (TPSA) is 70.1 Å². The second-order valence-corrected chi connectivity index (χ2v) is 7.76. The lowest BCUT2D eigenvalue weighted by Gasteiger charge is -2.28. The highest BCUT2D eigenvalue weighted by Crippen LogP contribution is 2.39. The van der Waals surface area contributed by atoms with Crippen LogP contribution in [0.5, 0.6) is 5.75 Å². The van der Waals surface area contributed by atoms with Crippen molar-refractivity contribution in [1.82, 2.24) is 9.80 Å². The Balaban J connectivity index is 2.10. The van der Waals surface area contributed by atoms with Crippen LogP contribution in [0.15, 0.2) is 48.0 Å². The third-order valence-corrected chi connectivity index (χ3v) is 5.95. The van der Waals surface area contributed by atoms with Gasteiger partial charge in [0.25, 0.3) is 11.7 Å². The Morgan fingerprint density at radius 2 is 1.78 bits per heavy atom. The number of ether oxygens (including phenoxy) is 1. The fourth-order valence-electron chi connectivity index (χ4n) is 4.07. The zero-order valence-electron chi connectivity index (χ0n) is 18.9. The molecule has 0 spiro atoms. The third-order valence-electron chi connectivity index (χ3n) is 5.95. The van der Waals surface area contributed by atoms with Crippen molar-refractivity contribution < 1.29 is 23.8 Å². The number of halogens is 1. The molecule has 2 aromatic rings. The number of aryl methyl sites for hydroxylation is 1. The molecule has 1 heterocycles. The zero-order chi connectivity index (χ0) is 23.4. The molecule has 2 aromatic carbocycles. The summed E-state index contributed by atoms with van der Waals surface area (Å²) < 4.78 is 18.8. The quantitative estimate of drug-likeness (QED) is 0.383. The van der Waals surface area contributed by atoms with Crippen molar-refractivity contribution in [2.45, 2.75) is 26.8 Å². The molecule has 1 amide bonds. The van der Waals surface area contributed by atoms with Crippen LogP contribution in [0.25, 0.3) is 5.76 Å². The van der Waals surface area contributed by atoms with E-state index in [-0.39, 0.29) is 11.3 Å². The van der Waals surface area contributed by atoms with E-state index in [2.05, 4.69) is 4.90 Å². The summed E-state index contributed by atoms with van der Waals surface area (Å²) in [6.07, 6.45) is 0. The molecular formula is C25H29FN2O4. The lowest BCUT2D eigenvalue weighted by molar-refractivity contribution is -0.140. The minimum atomic E-state index is -0.798. The number of aliphatic hydroxyl groups is 1. The van der Waals surface area contributed by atoms with E-state index in [0.717, 1.165) is 18.7 Å². The van der Waals surface area contributed by atoms with Crippen LogP contribution in [-0.4, -0.2) is 59.9 Å². The number of carbonyl (C=O) groups excluding carboxylic acids is 2. The molecule has 1 fully saturated rings. The number of benzene rings is 2. The van der Waals surface area contributed by atoms with Crippen LogP contribution in [0.4, 0.5) is 4.39 Å². The number of hydrogen-bond donors (Lipinski definition) is 1. The van der Waals surface area contributed by atoms with E-state index in [9.17, 15) is 19.1 Å². The van der Waals surface area contributed by atoms with Crippen molar-refractivity contribution in [2.75, 3.05) is 33.3 Å². The largest absolute Gasteiger partial charge is 0.507 e. The maximum absolute atomic E-state index is 13.6. The first-order chi connectivity index (χ1) is 15.3. The highest BCUT2D eigenvalue weighted by atomic mass is 19.1. The molecule has 0 radical (unpaired) electrons. The Kier molecular flexibility index (Phi) is 7.30. The molecule has 170 valence electrons. The van der Waals surface area contributed by atoms with E-state index < -0.39 is 23.5 Å². The third kappa shape index (κ3) is 4.53. The predicted molar refractivity (Wildman–Crippen MR) is 121 cm³/mol. The van der Waals surface area contributed by atoms with Crippen LogP contribution in [0.3, 0.4) is 0 Å². The smallest absolute Gasteiger partial charge is 0.295 e. The number of methoxy groups -OCH3 is 1. The maximum atomic E-state index is 13.6. The standard InChI is InChI=1S/C25H29FN2O4/c1-5-27(6-2)13-14-28-22(17-7-10-19(26)11-8-17)21(24(30)25(28)31)23(29)18-9-12-20(32-4)16(3)15-18/h7-12,15,22,29H,5-6,13-14H2,1-4H3. The second kappa shape index (κ2) is 9.96. The van der Waals surface area contributed by atoms with E-state index >= 15 is 0 Å². The Morgan fingerprint density at radius 3 is 2.34 bits per heavy atom. The van der Waals surface area contributed by atoms with Crippen LogP contribution in [-0.2, 0) is 9.59 Å². The van der Waals surface area contributed by atoms with Gasteiger partial charge < -0.3 is 19.6 Å². The van der Waals surface area contributed by atoms with Gasteiger partial charge in [-0.3, -0.25) is 9.59 Å². The fraction of sp³-hybridized carbons (Fsp3) is 0.360. The van der Waals surface area contributed by atoms with Gasteiger partial charge in [-0.2, -0.15) is 0 Å². The molecule has 1 atom stereocenters. The predicted octanol–water partition coefficient (Wildman–Crippen LogP) is 3.91. The van der Waals surface area contributed by atoms with E-state index in [1.54, 1.807) is 37.4 Å². The van der Waals surface area contributed by atoms with Gasteiger partial charge in [-0.15, -0.1) is 0 Å². The van der Waals surface area contributed by atoms with Crippen molar-refractivity contribution >= 4 is 17.4 Å². The number of Topliss-reactive ketones (excluding diaryl/α,β-unsaturated/α-hetero) is 1. The molecule has 0 saturated carbocycles. The molecule has 3 rings (SSSR count). The molecule has 32 heavy (non-hydrogen) atoms. The summed E-state index contributed by atoms with van der Waals surface area (Å²) >= 11 is 0. The molecule has 0 bridgehead atoms. The van der Waals surface area contributed by atoms with E-state index in [4.69, 9.17) is 4.74 Å². The zero-order valence-corrected chi connectivity index (χ0v) is 18.9. The summed E-state index contributed by atoms with van der Waals surface area (Å²) in [5.74, 6) is -1.44. The average molecular weight is 441 g/mol. The normalized spacial score (nSPS) is 17.9. The molecule has 1 aliphatic rings. The van der Waals surface area contributed by atoms with Gasteiger partial charge in [0, 0.05) is 18.7 Å². The number of likely N-dealkylation sites (tertiary alicyclic amines) is 1. The van der Waals surface area contributed by atoms with Crippen LogP contribution >= 0.6 is 0 Å². The van der Waals surface area contributed by atoms with Crippen LogP contribution in [0.2, 0.25) is 0 Å². The average Bonchev–Trinajstić information content (AvgIpc) is 3.04. The minimum absolute atomic E-state index is 0.00530. The number of amides is 1. The van der Waals surface area contributed by atoms with Crippen molar-refractivity contribution in [1.29, 1.82) is 0 Å². The van der Waals surface area contributed by atoms with E-state index in [1.165, 1.54) is 17.0 Å². The van der Waals surface area contributed by atoms with Crippen LogP contribution < -0.4 is 4.74 Å².